The summed E-state index contributed by atoms with van der Waals surface area (Å²) in [6, 6.07) is 20.9. The maximum atomic E-state index is 13.0. The summed E-state index contributed by atoms with van der Waals surface area (Å²) in [4.78, 5) is 13.0. The summed E-state index contributed by atoms with van der Waals surface area (Å²) in [5.74, 6) is 3.12. The van der Waals surface area contributed by atoms with Crippen LogP contribution in [-0.4, -0.2) is 34.6 Å². The van der Waals surface area contributed by atoms with Crippen LogP contribution in [-0.2, 0) is 5.75 Å². The Labute approximate surface area is 213 Å². The number of fused-ring (bicyclic) bond motifs is 1. The number of aryl methyl sites for hydroxylation is 1. The van der Waals surface area contributed by atoms with E-state index < -0.39 is 6.04 Å². The molecule has 4 aromatic rings. The molecule has 0 fully saturated rings. The summed E-state index contributed by atoms with van der Waals surface area (Å²) >= 11 is 1.58. The van der Waals surface area contributed by atoms with E-state index in [-0.39, 0.29) is 12.7 Å². The molecule has 0 saturated heterocycles. The van der Waals surface area contributed by atoms with E-state index in [4.69, 9.17) is 14.2 Å². The maximum absolute atomic E-state index is 13.0. The highest BCUT2D eigenvalue weighted by atomic mass is 32.2. The molecule has 9 heteroatoms. The Morgan fingerprint density at radius 2 is 1.89 bits per heavy atom. The molecule has 0 radical (unpaired) electrons. The number of hydrogen-bond donors (Lipinski definition) is 1. The Kier molecular flexibility index (Phi) is 6.81. The summed E-state index contributed by atoms with van der Waals surface area (Å²) in [6.07, 6.45) is 0. The third-order valence-electron chi connectivity index (χ3n) is 5.82. The Morgan fingerprint density at radius 3 is 2.69 bits per heavy atom. The maximum Gasteiger partial charge on any atom is 0.252 e. The van der Waals surface area contributed by atoms with Crippen LogP contribution >= 0.6 is 11.8 Å². The number of ether oxygens (including phenoxy) is 3. The van der Waals surface area contributed by atoms with Crippen LogP contribution in [0, 0.1) is 6.92 Å². The predicted octanol–water partition coefficient (Wildman–Crippen LogP) is 5.10. The number of carbonyl (C=O) groups excluding carboxylic acids is 1. The lowest BCUT2D eigenvalue weighted by Crippen LogP contribution is -2.28. The number of amides is 1. The van der Waals surface area contributed by atoms with Gasteiger partial charge >= 0.3 is 0 Å². The first-order valence-corrected chi connectivity index (χ1v) is 12.5. The van der Waals surface area contributed by atoms with E-state index in [1.165, 1.54) is 0 Å². The molecule has 0 bridgehead atoms. The fourth-order valence-electron chi connectivity index (χ4n) is 3.88. The van der Waals surface area contributed by atoms with Crippen molar-refractivity contribution >= 4 is 17.7 Å². The largest absolute Gasteiger partial charge is 0.497 e. The molecular formula is C27H26N4O4S. The quantitative estimate of drug-likeness (QED) is 0.336. The molecule has 0 spiro atoms. The average Bonchev–Trinajstić information content (AvgIpc) is 3.54. The lowest BCUT2D eigenvalue weighted by atomic mass is 10.1. The first-order chi connectivity index (χ1) is 17.5. The van der Waals surface area contributed by atoms with E-state index in [1.807, 2.05) is 60.9 Å². The highest BCUT2D eigenvalue weighted by molar-refractivity contribution is 7.98. The smallest absolute Gasteiger partial charge is 0.252 e. The minimum atomic E-state index is -0.400. The molecule has 0 saturated carbocycles. The normalized spacial score (nSPS) is 12.9. The molecule has 8 nitrogen and oxygen atoms in total. The van der Waals surface area contributed by atoms with Gasteiger partial charge in [-0.1, -0.05) is 41.6 Å². The number of benzene rings is 3. The Morgan fingerprint density at radius 1 is 1.08 bits per heavy atom. The van der Waals surface area contributed by atoms with Crippen LogP contribution in [0.4, 0.5) is 0 Å². The molecule has 1 amide bonds. The van der Waals surface area contributed by atoms with Crippen molar-refractivity contribution in [3.63, 3.8) is 0 Å². The number of aromatic nitrogens is 3. The molecular weight excluding hydrogens is 476 g/mol. The first kappa shape index (κ1) is 23.7. The first-order valence-electron chi connectivity index (χ1n) is 11.5. The molecule has 1 N–H and O–H groups in total. The van der Waals surface area contributed by atoms with Crippen molar-refractivity contribution in [2.24, 2.45) is 0 Å². The second-order valence-corrected chi connectivity index (χ2v) is 9.36. The Bertz CT molecular complexity index is 1390. The van der Waals surface area contributed by atoms with Gasteiger partial charge in [-0.2, -0.15) is 0 Å². The van der Waals surface area contributed by atoms with Crippen molar-refractivity contribution < 1.29 is 19.0 Å². The summed E-state index contributed by atoms with van der Waals surface area (Å²) in [5.41, 5.74) is 3.68. The molecule has 1 aliphatic rings. The van der Waals surface area contributed by atoms with E-state index >= 15 is 0 Å². The fraction of sp³-hybridized carbons (Fsp3) is 0.222. The number of hydrogen-bond acceptors (Lipinski definition) is 7. The van der Waals surface area contributed by atoms with Crippen molar-refractivity contribution in [2.45, 2.75) is 30.8 Å². The average molecular weight is 503 g/mol. The monoisotopic (exact) mass is 502 g/mol. The van der Waals surface area contributed by atoms with E-state index in [9.17, 15) is 4.79 Å². The van der Waals surface area contributed by atoms with Gasteiger partial charge in [-0.15, -0.1) is 10.2 Å². The van der Waals surface area contributed by atoms with Crippen molar-refractivity contribution in [3.05, 3.63) is 89.2 Å². The second kappa shape index (κ2) is 10.3. The van der Waals surface area contributed by atoms with Gasteiger partial charge in [0, 0.05) is 17.0 Å². The number of methoxy groups -OCH3 is 1. The van der Waals surface area contributed by atoms with Gasteiger partial charge in [-0.25, -0.2) is 0 Å². The van der Waals surface area contributed by atoms with Gasteiger partial charge in [-0.05, 0) is 61.9 Å². The molecule has 1 aliphatic heterocycles. The predicted molar refractivity (Wildman–Crippen MR) is 137 cm³/mol. The van der Waals surface area contributed by atoms with Crippen LogP contribution in [0.3, 0.4) is 0 Å². The third-order valence-corrected chi connectivity index (χ3v) is 6.82. The van der Waals surface area contributed by atoms with Crippen LogP contribution in [0.5, 0.6) is 17.2 Å². The summed E-state index contributed by atoms with van der Waals surface area (Å²) in [5, 5.41) is 12.7. The zero-order valence-corrected chi connectivity index (χ0v) is 21.0. The van der Waals surface area contributed by atoms with Crippen LogP contribution in [0.1, 0.15) is 40.3 Å². The zero-order chi connectivity index (χ0) is 25.1. The Balaban J connectivity index is 1.40. The molecule has 3 aromatic carbocycles. The standard InChI is InChI=1S/C27H26N4O4S/c1-17-7-10-21(11-8-17)31-25(29-30-27(31)36-15-19-5-4-6-22(13-19)33-3)18(2)28-26(32)20-9-12-23-24(14-20)35-16-34-23/h4-14,18H,15-16H2,1-3H3,(H,28,32). The van der Waals surface area contributed by atoms with Crippen LogP contribution in [0.2, 0.25) is 0 Å². The summed E-state index contributed by atoms with van der Waals surface area (Å²) < 4.78 is 18.1. The van der Waals surface area contributed by atoms with Gasteiger partial charge in [0.15, 0.2) is 22.5 Å². The van der Waals surface area contributed by atoms with Gasteiger partial charge in [0.05, 0.1) is 13.2 Å². The number of nitrogens with zero attached hydrogens (tertiary/aromatic N) is 3. The van der Waals surface area contributed by atoms with Crippen molar-refractivity contribution in [1.29, 1.82) is 0 Å². The SMILES string of the molecule is COc1cccc(CSc2nnc(C(C)NC(=O)c3ccc4c(c3)OCO4)n2-c2ccc(C)cc2)c1. The van der Waals surface area contributed by atoms with Gasteiger partial charge in [0.2, 0.25) is 6.79 Å². The van der Waals surface area contributed by atoms with Crippen LogP contribution < -0.4 is 19.5 Å². The Hall–Kier alpha value is -3.98. The van der Waals surface area contributed by atoms with E-state index in [1.54, 1.807) is 37.1 Å². The van der Waals surface area contributed by atoms with Gasteiger partial charge in [-0.3, -0.25) is 9.36 Å². The van der Waals surface area contributed by atoms with Crippen molar-refractivity contribution in [3.8, 4) is 22.9 Å². The van der Waals surface area contributed by atoms with Crippen LogP contribution in [0.15, 0.2) is 71.9 Å². The lowest BCUT2D eigenvalue weighted by Gasteiger charge is -2.17. The molecule has 1 unspecified atom stereocenters. The number of nitrogens with one attached hydrogen (secondary N) is 1. The highest BCUT2D eigenvalue weighted by Crippen LogP contribution is 2.33. The number of thioether (sulfide) groups is 1. The topological polar surface area (TPSA) is 87.5 Å². The zero-order valence-electron chi connectivity index (χ0n) is 20.2. The highest BCUT2D eigenvalue weighted by Gasteiger charge is 2.23. The molecule has 5 rings (SSSR count). The summed E-state index contributed by atoms with van der Waals surface area (Å²) in [7, 11) is 1.66. The molecule has 2 heterocycles. The van der Waals surface area contributed by atoms with Gasteiger partial charge in [0.1, 0.15) is 5.75 Å². The molecule has 1 atom stereocenters. The van der Waals surface area contributed by atoms with Crippen molar-refractivity contribution in [1.82, 2.24) is 20.1 Å². The lowest BCUT2D eigenvalue weighted by molar-refractivity contribution is 0.0937. The van der Waals surface area contributed by atoms with E-state index in [0.29, 0.717) is 28.6 Å². The number of rotatable bonds is 8. The van der Waals surface area contributed by atoms with Crippen LogP contribution in [0.25, 0.3) is 5.69 Å². The van der Waals surface area contributed by atoms with Crippen molar-refractivity contribution in [2.75, 3.05) is 13.9 Å². The van der Waals surface area contributed by atoms with E-state index in [2.05, 4.69) is 21.6 Å². The fourth-order valence-corrected chi connectivity index (χ4v) is 4.79. The molecule has 1 aromatic heterocycles. The molecule has 184 valence electrons. The summed E-state index contributed by atoms with van der Waals surface area (Å²) in [6.45, 7) is 4.10. The van der Waals surface area contributed by atoms with Gasteiger partial charge < -0.3 is 19.5 Å². The number of carbonyl (C=O) groups is 1. The minimum absolute atomic E-state index is 0.159. The third kappa shape index (κ3) is 5.01. The minimum Gasteiger partial charge on any atom is -0.497 e. The second-order valence-electron chi connectivity index (χ2n) is 8.42. The molecule has 36 heavy (non-hydrogen) atoms. The van der Waals surface area contributed by atoms with Gasteiger partial charge in [0.25, 0.3) is 5.91 Å². The molecule has 0 aliphatic carbocycles. The van der Waals surface area contributed by atoms with E-state index in [0.717, 1.165) is 27.7 Å².